The maximum absolute atomic E-state index is 12.5. The highest BCUT2D eigenvalue weighted by Crippen LogP contribution is 2.31. The number of rotatable bonds is 6. The van der Waals surface area contributed by atoms with E-state index < -0.39 is 4.92 Å². The van der Waals surface area contributed by atoms with Gasteiger partial charge in [-0.15, -0.1) is 0 Å². The minimum Gasteiger partial charge on any atom is -0.494 e. The summed E-state index contributed by atoms with van der Waals surface area (Å²) in [5.41, 5.74) is 0.334. The number of hydrogen-bond donors (Lipinski definition) is 1. The molecular weight excluding hydrogens is 326 g/mol. The highest BCUT2D eigenvalue weighted by atomic mass is 16.6. The quantitative estimate of drug-likeness (QED) is 0.629. The minimum absolute atomic E-state index is 0.0821. The molecule has 0 aromatic heterocycles. The number of piperidine rings is 1. The van der Waals surface area contributed by atoms with Crippen LogP contribution in [-0.4, -0.2) is 48.8 Å². The van der Waals surface area contributed by atoms with Crippen LogP contribution in [-0.2, 0) is 4.74 Å². The number of nitrogens with one attached hydrogen (secondary N) is 1. The maximum Gasteiger partial charge on any atom is 0.322 e. The second kappa shape index (κ2) is 7.69. The Balaban J connectivity index is 1.59. The molecule has 2 fully saturated rings. The summed E-state index contributed by atoms with van der Waals surface area (Å²) < 4.78 is 11.1. The number of carbonyl (C=O) groups excluding carboxylic acids is 1. The molecule has 2 aliphatic rings. The molecule has 1 saturated carbocycles. The van der Waals surface area contributed by atoms with Gasteiger partial charge in [0.2, 0.25) is 0 Å². The first kappa shape index (κ1) is 17.5. The Labute approximate surface area is 146 Å². The molecule has 1 N–H and O–H groups in total. The Morgan fingerprint density at radius 3 is 2.88 bits per heavy atom. The lowest BCUT2D eigenvalue weighted by Crippen LogP contribution is -2.45. The van der Waals surface area contributed by atoms with E-state index in [1.54, 1.807) is 4.90 Å². The zero-order valence-electron chi connectivity index (χ0n) is 14.3. The van der Waals surface area contributed by atoms with Crippen molar-refractivity contribution in [2.24, 2.45) is 5.92 Å². The summed E-state index contributed by atoms with van der Waals surface area (Å²) in [5.74, 6) is 0.967. The number of amides is 2. The summed E-state index contributed by atoms with van der Waals surface area (Å²) in [6.07, 6.45) is 4.45. The fourth-order valence-electron chi connectivity index (χ4n) is 2.91. The molecule has 3 rings (SSSR count). The molecule has 1 aliphatic heterocycles. The predicted molar refractivity (Wildman–Crippen MR) is 91.9 cm³/mol. The van der Waals surface area contributed by atoms with E-state index in [2.05, 4.69) is 5.32 Å². The van der Waals surface area contributed by atoms with Gasteiger partial charge in [-0.3, -0.25) is 10.1 Å². The highest BCUT2D eigenvalue weighted by molar-refractivity contribution is 5.91. The minimum atomic E-state index is -0.499. The van der Waals surface area contributed by atoms with Crippen molar-refractivity contribution in [2.75, 3.05) is 32.1 Å². The van der Waals surface area contributed by atoms with Crippen LogP contribution in [0.25, 0.3) is 0 Å². The van der Waals surface area contributed by atoms with Gasteiger partial charge >= 0.3 is 6.03 Å². The molecule has 1 heterocycles. The first-order chi connectivity index (χ1) is 12.1. The number of ether oxygens (including phenoxy) is 2. The molecule has 1 saturated heterocycles. The molecule has 1 atom stereocenters. The van der Waals surface area contributed by atoms with E-state index in [0.717, 1.165) is 19.4 Å². The van der Waals surface area contributed by atoms with Crippen molar-refractivity contribution in [3.05, 3.63) is 28.3 Å². The van der Waals surface area contributed by atoms with Gasteiger partial charge in [0.15, 0.2) is 0 Å². The predicted octanol–water partition coefficient (Wildman–Crippen LogP) is 3.03. The SMILES string of the molecule is COc1cc([N+](=O)[O-])ccc1NC(=O)N1CCCC(OCC2CC2)C1. The maximum atomic E-state index is 12.5. The molecule has 0 bridgehead atoms. The fraction of sp³-hybridized carbons (Fsp3) is 0.588. The zero-order valence-corrected chi connectivity index (χ0v) is 14.3. The van der Waals surface area contributed by atoms with Gasteiger partial charge in [-0.2, -0.15) is 0 Å². The third kappa shape index (κ3) is 4.60. The third-order valence-electron chi connectivity index (χ3n) is 4.57. The molecule has 136 valence electrons. The average molecular weight is 349 g/mol. The van der Waals surface area contributed by atoms with E-state index in [-0.39, 0.29) is 23.6 Å². The lowest BCUT2D eigenvalue weighted by Gasteiger charge is -2.32. The van der Waals surface area contributed by atoms with Crippen LogP contribution >= 0.6 is 0 Å². The summed E-state index contributed by atoms with van der Waals surface area (Å²) in [7, 11) is 1.41. The van der Waals surface area contributed by atoms with Gasteiger partial charge in [0.1, 0.15) is 5.75 Å². The Bertz CT molecular complexity index is 647. The molecule has 8 heteroatoms. The van der Waals surface area contributed by atoms with Gasteiger partial charge in [0.05, 0.1) is 29.9 Å². The van der Waals surface area contributed by atoms with Crippen LogP contribution in [0.15, 0.2) is 18.2 Å². The molecule has 0 radical (unpaired) electrons. The summed E-state index contributed by atoms with van der Waals surface area (Å²) in [5, 5.41) is 13.6. The van der Waals surface area contributed by atoms with Crippen LogP contribution in [0.3, 0.4) is 0 Å². The van der Waals surface area contributed by atoms with E-state index in [1.807, 2.05) is 0 Å². The molecule has 25 heavy (non-hydrogen) atoms. The van der Waals surface area contributed by atoms with Crippen molar-refractivity contribution < 1.29 is 19.2 Å². The first-order valence-corrected chi connectivity index (χ1v) is 8.56. The van der Waals surface area contributed by atoms with Crippen LogP contribution in [0.5, 0.6) is 5.75 Å². The molecule has 0 spiro atoms. The van der Waals surface area contributed by atoms with E-state index in [9.17, 15) is 14.9 Å². The number of nitro benzene ring substituents is 1. The summed E-state index contributed by atoms with van der Waals surface area (Å²) in [6.45, 7) is 2.02. The highest BCUT2D eigenvalue weighted by Gasteiger charge is 2.28. The monoisotopic (exact) mass is 349 g/mol. The van der Waals surface area contributed by atoms with Crippen LogP contribution in [0.4, 0.5) is 16.2 Å². The second-order valence-electron chi connectivity index (χ2n) is 6.56. The first-order valence-electron chi connectivity index (χ1n) is 8.56. The Kier molecular flexibility index (Phi) is 5.37. The number of likely N-dealkylation sites (tertiary alicyclic amines) is 1. The van der Waals surface area contributed by atoms with Gasteiger partial charge in [-0.25, -0.2) is 4.79 Å². The van der Waals surface area contributed by atoms with Crippen molar-refractivity contribution >= 4 is 17.4 Å². The number of carbonyl (C=O) groups is 1. The largest absolute Gasteiger partial charge is 0.494 e. The Morgan fingerprint density at radius 1 is 1.40 bits per heavy atom. The lowest BCUT2D eigenvalue weighted by molar-refractivity contribution is -0.384. The number of nitro groups is 1. The zero-order chi connectivity index (χ0) is 17.8. The van der Waals surface area contributed by atoms with Crippen molar-refractivity contribution in [2.45, 2.75) is 31.8 Å². The number of benzene rings is 1. The molecule has 1 aliphatic carbocycles. The van der Waals surface area contributed by atoms with Gasteiger partial charge in [-0.1, -0.05) is 0 Å². The van der Waals surface area contributed by atoms with Crippen LogP contribution in [0.1, 0.15) is 25.7 Å². The van der Waals surface area contributed by atoms with Crippen LogP contribution in [0.2, 0.25) is 0 Å². The van der Waals surface area contributed by atoms with Crippen LogP contribution < -0.4 is 10.1 Å². The summed E-state index contributed by atoms with van der Waals surface area (Å²) in [6, 6.07) is 3.88. The van der Waals surface area contributed by atoms with Gasteiger partial charge in [0, 0.05) is 25.8 Å². The second-order valence-corrected chi connectivity index (χ2v) is 6.56. The molecule has 8 nitrogen and oxygen atoms in total. The number of urea groups is 1. The number of methoxy groups -OCH3 is 1. The van der Waals surface area contributed by atoms with Crippen LogP contribution in [0, 0.1) is 16.0 Å². The standard InChI is InChI=1S/C17H23N3O5/c1-24-16-9-13(20(22)23)6-7-15(16)18-17(21)19-8-2-3-14(10-19)25-11-12-4-5-12/h6-7,9,12,14H,2-5,8,10-11H2,1H3,(H,18,21). The van der Waals surface area contributed by atoms with E-state index in [4.69, 9.17) is 9.47 Å². The van der Waals surface area contributed by atoms with E-state index >= 15 is 0 Å². The van der Waals surface area contributed by atoms with E-state index in [1.165, 1.54) is 38.2 Å². The smallest absolute Gasteiger partial charge is 0.322 e. The normalized spacial score (nSPS) is 20.2. The number of nitrogens with zero attached hydrogens (tertiary/aromatic N) is 2. The van der Waals surface area contributed by atoms with Gasteiger partial charge in [0.25, 0.3) is 5.69 Å². The number of non-ortho nitro benzene ring substituents is 1. The van der Waals surface area contributed by atoms with Gasteiger partial charge in [-0.05, 0) is 37.7 Å². The molecule has 1 aromatic carbocycles. The fourth-order valence-corrected chi connectivity index (χ4v) is 2.91. The molecule has 1 aromatic rings. The molecule has 2 amide bonds. The summed E-state index contributed by atoms with van der Waals surface area (Å²) >= 11 is 0. The summed E-state index contributed by atoms with van der Waals surface area (Å²) in [4.78, 5) is 24.6. The topological polar surface area (TPSA) is 93.9 Å². The van der Waals surface area contributed by atoms with Crippen molar-refractivity contribution in [1.82, 2.24) is 4.90 Å². The lowest BCUT2D eigenvalue weighted by atomic mass is 10.1. The number of hydrogen-bond acceptors (Lipinski definition) is 5. The number of anilines is 1. The van der Waals surface area contributed by atoms with Gasteiger partial charge < -0.3 is 19.7 Å². The van der Waals surface area contributed by atoms with Crippen molar-refractivity contribution in [3.63, 3.8) is 0 Å². The van der Waals surface area contributed by atoms with Crippen molar-refractivity contribution in [3.8, 4) is 5.75 Å². The Hall–Kier alpha value is -2.35. The van der Waals surface area contributed by atoms with E-state index in [0.29, 0.717) is 24.7 Å². The van der Waals surface area contributed by atoms with Crippen molar-refractivity contribution in [1.29, 1.82) is 0 Å². The molecule has 1 unspecified atom stereocenters. The Morgan fingerprint density at radius 2 is 2.20 bits per heavy atom. The third-order valence-corrected chi connectivity index (χ3v) is 4.57. The molecular formula is C17H23N3O5. The average Bonchev–Trinajstić information content (AvgIpc) is 3.44.